The molecular formula is C10H16O6. The van der Waals surface area contributed by atoms with Crippen molar-refractivity contribution in [2.24, 2.45) is 0 Å². The molecule has 0 bridgehead atoms. The van der Waals surface area contributed by atoms with Crippen LogP contribution in [0, 0.1) is 0 Å². The molecule has 0 spiro atoms. The average Bonchev–Trinajstić information content (AvgIpc) is 2.53. The zero-order valence-corrected chi connectivity index (χ0v) is 9.81. The summed E-state index contributed by atoms with van der Waals surface area (Å²) in [7, 11) is 1.22. The van der Waals surface area contributed by atoms with Crippen LogP contribution < -0.4 is 0 Å². The van der Waals surface area contributed by atoms with E-state index in [0.717, 1.165) is 0 Å². The van der Waals surface area contributed by atoms with Gasteiger partial charge in [-0.2, -0.15) is 0 Å². The fourth-order valence-electron chi connectivity index (χ4n) is 1.44. The molecule has 6 heteroatoms. The van der Waals surface area contributed by atoms with Gasteiger partial charge in [-0.15, -0.1) is 0 Å². The minimum atomic E-state index is -1.08. The highest BCUT2D eigenvalue weighted by atomic mass is 16.8. The van der Waals surface area contributed by atoms with E-state index in [1.807, 2.05) is 0 Å². The lowest BCUT2D eigenvalue weighted by molar-refractivity contribution is -0.183. The zero-order valence-electron chi connectivity index (χ0n) is 9.81. The summed E-state index contributed by atoms with van der Waals surface area (Å²) >= 11 is 0. The Labute approximate surface area is 93.8 Å². The van der Waals surface area contributed by atoms with Gasteiger partial charge < -0.3 is 18.9 Å². The van der Waals surface area contributed by atoms with Gasteiger partial charge in [-0.25, -0.2) is 4.79 Å². The van der Waals surface area contributed by atoms with Crippen LogP contribution in [-0.2, 0) is 28.5 Å². The summed E-state index contributed by atoms with van der Waals surface area (Å²) < 4.78 is 20.1. The minimum Gasteiger partial charge on any atom is -0.466 e. The van der Waals surface area contributed by atoms with Crippen molar-refractivity contribution >= 4 is 11.9 Å². The first-order valence-electron chi connectivity index (χ1n) is 4.92. The second kappa shape index (κ2) is 4.80. The lowest BCUT2D eigenvalue weighted by Crippen LogP contribution is -2.41. The van der Waals surface area contributed by atoms with Gasteiger partial charge in [0.15, 0.2) is 5.79 Å². The van der Waals surface area contributed by atoms with E-state index in [1.165, 1.54) is 14.0 Å². The lowest BCUT2D eigenvalue weighted by atomic mass is 10.2. The van der Waals surface area contributed by atoms with Crippen LogP contribution in [0.2, 0.25) is 0 Å². The topological polar surface area (TPSA) is 71.1 Å². The van der Waals surface area contributed by atoms with E-state index in [4.69, 9.17) is 14.2 Å². The Balaban J connectivity index is 2.70. The van der Waals surface area contributed by atoms with Crippen molar-refractivity contribution < 1.29 is 28.5 Å². The van der Waals surface area contributed by atoms with Gasteiger partial charge in [0, 0.05) is 6.92 Å². The minimum absolute atomic E-state index is 0.181. The number of hydrogen-bond acceptors (Lipinski definition) is 6. The second-order valence-electron chi connectivity index (χ2n) is 3.92. The number of esters is 2. The monoisotopic (exact) mass is 232 g/mol. The van der Waals surface area contributed by atoms with Gasteiger partial charge >= 0.3 is 11.9 Å². The van der Waals surface area contributed by atoms with Crippen LogP contribution in [-0.4, -0.2) is 43.7 Å². The molecule has 2 atom stereocenters. The Bertz CT molecular complexity index is 285. The number of hydrogen-bond donors (Lipinski definition) is 0. The highest BCUT2D eigenvalue weighted by Gasteiger charge is 2.42. The van der Waals surface area contributed by atoms with Gasteiger partial charge in [0.1, 0.15) is 6.10 Å². The zero-order chi connectivity index (χ0) is 12.3. The molecule has 6 nitrogen and oxygen atoms in total. The smallest absolute Gasteiger partial charge is 0.350 e. The number of rotatable bonds is 3. The maximum atomic E-state index is 11.4. The van der Waals surface area contributed by atoms with Crippen molar-refractivity contribution in [2.45, 2.75) is 38.8 Å². The summed E-state index contributed by atoms with van der Waals surface area (Å²) in [6, 6.07) is 0. The standard InChI is InChI=1S/C10H16O6/c1-6(11)15-8(9(12)13-4)7-5-14-10(2,3)16-7/h7-8H,5H2,1-4H3/t7-,8+/m0/s1. The molecule has 1 rings (SSSR count). The van der Waals surface area contributed by atoms with Gasteiger partial charge in [-0.1, -0.05) is 0 Å². The van der Waals surface area contributed by atoms with Crippen LogP contribution >= 0.6 is 0 Å². The molecule has 0 aromatic heterocycles. The summed E-state index contributed by atoms with van der Waals surface area (Å²) in [6.45, 7) is 4.83. The van der Waals surface area contributed by atoms with Crippen LogP contribution in [0.4, 0.5) is 0 Å². The Morgan fingerprint density at radius 2 is 2.06 bits per heavy atom. The molecule has 0 radical (unpaired) electrons. The summed E-state index contributed by atoms with van der Waals surface area (Å²) in [6.07, 6.45) is -1.71. The van der Waals surface area contributed by atoms with E-state index in [1.54, 1.807) is 13.8 Å². The Hall–Kier alpha value is -1.14. The second-order valence-corrected chi connectivity index (χ2v) is 3.92. The number of carbonyl (C=O) groups excluding carboxylic acids is 2. The molecule has 0 unspecified atom stereocenters. The number of carbonyl (C=O) groups is 2. The molecule has 1 aliphatic heterocycles. The van der Waals surface area contributed by atoms with E-state index in [0.29, 0.717) is 0 Å². The first kappa shape index (κ1) is 12.9. The fraction of sp³-hybridized carbons (Fsp3) is 0.800. The van der Waals surface area contributed by atoms with Crippen LogP contribution in [0.5, 0.6) is 0 Å². The Kier molecular flexibility index (Phi) is 3.88. The third kappa shape index (κ3) is 3.18. The number of methoxy groups -OCH3 is 1. The van der Waals surface area contributed by atoms with Crippen LogP contribution in [0.15, 0.2) is 0 Å². The Morgan fingerprint density at radius 1 is 1.44 bits per heavy atom. The molecule has 92 valence electrons. The Morgan fingerprint density at radius 3 is 2.44 bits per heavy atom. The molecule has 1 aliphatic rings. The molecule has 0 saturated carbocycles. The molecule has 0 aromatic carbocycles. The summed E-state index contributed by atoms with van der Waals surface area (Å²) in [4.78, 5) is 22.3. The average molecular weight is 232 g/mol. The predicted octanol–water partition coefficient (Wildman–Crippen LogP) is 0.243. The van der Waals surface area contributed by atoms with Gasteiger partial charge in [-0.3, -0.25) is 4.79 Å². The third-order valence-electron chi connectivity index (χ3n) is 2.09. The molecule has 1 saturated heterocycles. The SMILES string of the molecule is COC(=O)[C@H](OC(C)=O)[C@@H]1COC(C)(C)O1. The fourth-order valence-corrected chi connectivity index (χ4v) is 1.44. The maximum Gasteiger partial charge on any atom is 0.350 e. The number of ether oxygens (including phenoxy) is 4. The molecule has 1 heterocycles. The summed E-state index contributed by atoms with van der Waals surface area (Å²) in [5, 5.41) is 0. The van der Waals surface area contributed by atoms with E-state index in [-0.39, 0.29) is 6.61 Å². The molecule has 1 fully saturated rings. The highest BCUT2D eigenvalue weighted by Crippen LogP contribution is 2.25. The molecule has 0 aromatic rings. The third-order valence-corrected chi connectivity index (χ3v) is 2.09. The van der Waals surface area contributed by atoms with Crippen molar-refractivity contribution in [1.82, 2.24) is 0 Å². The highest BCUT2D eigenvalue weighted by molar-refractivity contribution is 5.79. The largest absolute Gasteiger partial charge is 0.466 e. The normalized spacial score (nSPS) is 24.9. The van der Waals surface area contributed by atoms with Crippen molar-refractivity contribution in [2.75, 3.05) is 13.7 Å². The lowest BCUT2D eigenvalue weighted by Gasteiger charge is -2.21. The van der Waals surface area contributed by atoms with E-state index < -0.39 is 29.9 Å². The quantitative estimate of drug-likeness (QED) is 0.649. The summed E-state index contributed by atoms with van der Waals surface area (Å²) in [5.41, 5.74) is 0. The van der Waals surface area contributed by atoms with Crippen LogP contribution in [0.1, 0.15) is 20.8 Å². The molecule has 0 N–H and O–H groups in total. The first-order valence-corrected chi connectivity index (χ1v) is 4.92. The van der Waals surface area contributed by atoms with E-state index in [2.05, 4.69) is 4.74 Å². The molecule has 16 heavy (non-hydrogen) atoms. The van der Waals surface area contributed by atoms with Gasteiger partial charge in [0.05, 0.1) is 13.7 Å². The van der Waals surface area contributed by atoms with Crippen molar-refractivity contribution in [3.05, 3.63) is 0 Å². The summed E-state index contributed by atoms with van der Waals surface area (Å²) in [5.74, 6) is -2.00. The molecule has 0 aliphatic carbocycles. The van der Waals surface area contributed by atoms with Gasteiger partial charge in [-0.05, 0) is 13.8 Å². The van der Waals surface area contributed by atoms with E-state index >= 15 is 0 Å². The van der Waals surface area contributed by atoms with Crippen LogP contribution in [0.25, 0.3) is 0 Å². The van der Waals surface area contributed by atoms with Crippen molar-refractivity contribution in [3.8, 4) is 0 Å². The van der Waals surface area contributed by atoms with Gasteiger partial charge in [0.2, 0.25) is 6.10 Å². The molecular weight excluding hydrogens is 216 g/mol. The van der Waals surface area contributed by atoms with Crippen molar-refractivity contribution in [1.29, 1.82) is 0 Å². The maximum absolute atomic E-state index is 11.4. The first-order chi connectivity index (χ1) is 7.35. The van der Waals surface area contributed by atoms with Gasteiger partial charge in [0.25, 0.3) is 0 Å². The van der Waals surface area contributed by atoms with E-state index in [9.17, 15) is 9.59 Å². The van der Waals surface area contributed by atoms with Crippen molar-refractivity contribution in [3.63, 3.8) is 0 Å². The molecule has 0 amide bonds. The van der Waals surface area contributed by atoms with Crippen LogP contribution in [0.3, 0.4) is 0 Å². The predicted molar refractivity (Wildman–Crippen MR) is 52.5 cm³/mol.